The van der Waals surface area contributed by atoms with Gasteiger partial charge in [0.1, 0.15) is 0 Å². The first-order valence-electron chi connectivity index (χ1n) is 5.96. The molecule has 1 unspecified atom stereocenters. The lowest BCUT2D eigenvalue weighted by Gasteiger charge is -2.13. The molecule has 18 heavy (non-hydrogen) atoms. The maximum Gasteiger partial charge on any atom is 0.170 e. The molecule has 5 heteroatoms. The van der Waals surface area contributed by atoms with Crippen LogP contribution in [0.15, 0.2) is 29.4 Å². The zero-order valence-corrected chi connectivity index (χ0v) is 10.9. The van der Waals surface area contributed by atoms with Gasteiger partial charge in [0.15, 0.2) is 5.84 Å². The number of oxime groups is 1. The Labute approximate surface area is 108 Å². The molecule has 0 aliphatic heterocycles. The second-order valence-electron chi connectivity index (χ2n) is 4.25. The van der Waals surface area contributed by atoms with E-state index in [0.29, 0.717) is 11.6 Å². The normalized spacial score (nSPS) is 13.6. The zero-order valence-electron chi connectivity index (χ0n) is 10.9. The van der Waals surface area contributed by atoms with Gasteiger partial charge in [-0.05, 0) is 18.9 Å². The Hall–Kier alpha value is -1.59. The SMILES string of the molecule is COCCC(C)NCc1ccc(C(N)=NO)cc1. The lowest BCUT2D eigenvalue weighted by atomic mass is 10.1. The van der Waals surface area contributed by atoms with E-state index in [0.717, 1.165) is 25.1 Å². The standard InChI is InChI=1S/C13H21N3O2/c1-10(7-8-18-2)15-9-11-3-5-12(6-4-11)13(14)16-17/h3-6,10,15,17H,7-9H2,1-2H3,(H2,14,16). The van der Waals surface area contributed by atoms with Crippen molar-refractivity contribution < 1.29 is 9.94 Å². The summed E-state index contributed by atoms with van der Waals surface area (Å²) in [5.74, 6) is 0.128. The molecule has 4 N–H and O–H groups in total. The molecular weight excluding hydrogens is 230 g/mol. The van der Waals surface area contributed by atoms with Crippen LogP contribution in [0.3, 0.4) is 0 Å². The average Bonchev–Trinajstić information content (AvgIpc) is 2.42. The van der Waals surface area contributed by atoms with Gasteiger partial charge < -0.3 is 21.0 Å². The fourth-order valence-corrected chi connectivity index (χ4v) is 1.54. The molecule has 0 spiro atoms. The molecule has 0 bridgehead atoms. The van der Waals surface area contributed by atoms with Crippen LogP contribution in [0.5, 0.6) is 0 Å². The van der Waals surface area contributed by atoms with Gasteiger partial charge in [-0.1, -0.05) is 29.4 Å². The minimum Gasteiger partial charge on any atom is -0.409 e. The number of hydrogen-bond acceptors (Lipinski definition) is 4. The highest BCUT2D eigenvalue weighted by Gasteiger charge is 2.02. The topological polar surface area (TPSA) is 79.9 Å². The quantitative estimate of drug-likeness (QED) is 0.295. The van der Waals surface area contributed by atoms with E-state index in [1.54, 1.807) is 7.11 Å². The van der Waals surface area contributed by atoms with E-state index in [9.17, 15) is 0 Å². The number of amidine groups is 1. The Morgan fingerprint density at radius 2 is 2.11 bits per heavy atom. The summed E-state index contributed by atoms with van der Waals surface area (Å²) in [7, 11) is 1.71. The highest BCUT2D eigenvalue weighted by atomic mass is 16.5. The van der Waals surface area contributed by atoms with Gasteiger partial charge in [-0.15, -0.1) is 0 Å². The first-order valence-corrected chi connectivity index (χ1v) is 5.96. The Kier molecular flexibility index (Phi) is 6.18. The highest BCUT2D eigenvalue weighted by molar-refractivity contribution is 5.96. The maximum absolute atomic E-state index is 8.55. The van der Waals surface area contributed by atoms with E-state index in [4.69, 9.17) is 15.7 Å². The molecule has 1 aromatic carbocycles. The van der Waals surface area contributed by atoms with Crippen molar-refractivity contribution in [3.63, 3.8) is 0 Å². The van der Waals surface area contributed by atoms with E-state index in [1.165, 1.54) is 0 Å². The maximum atomic E-state index is 8.55. The van der Waals surface area contributed by atoms with Crippen molar-refractivity contribution >= 4 is 5.84 Å². The minimum absolute atomic E-state index is 0.128. The van der Waals surface area contributed by atoms with Crippen molar-refractivity contribution in [3.05, 3.63) is 35.4 Å². The van der Waals surface area contributed by atoms with Crippen molar-refractivity contribution in [1.29, 1.82) is 0 Å². The van der Waals surface area contributed by atoms with Crippen molar-refractivity contribution in [2.75, 3.05) is 13.7 Å². The van der Waals surface area contributed by atoms with Crippen molar-refractivity contribution in [2.45, 2.75) is 25.9 Å². The third-order valence-corrected chi connectivity index (χ3v) is 2.77. The first-order chi connectivity index (χ1) is 8.67. The Balaban J connectivity index is 2.44. The van der Waals surface area contributed by atoms with Crippen molar-refractivity contribution in [1.82, 2.24) is 5.32 Å². The molecule has 1 rings (SSSR count). The second-order valence-corrected chi connectivity index (χ2v) is 4.25. The summed E-state index contributed by atoms with van der Waals surface area (Å²) in [6.45, 7) is 3.68. The smallest absolute Gasteiger partial charge is 0.170 e. The van der Waals surface area contributed by atoms with Crippen LogP contribution in [-0.2, 0) is 11.3 Å². The van der Waals surface area contributed by atoms with Crippen molar-refractivity contribution in [2.24, 2.45) is 10.9 Å². The monoisotopic (exact) mass is 251 g/mol. The van der Waals surface area contributed by atoms with Crippen LogP contribution < -0.4 is 11.1 Å². The molecule has 1 aromatic rings. The van der Waals surface area contributed by atoms with Crippen LogP contribution in [-0.4, -0.2) is 30.8 Å². The first kappa shape index (κ1) is 14.5. The molecule has 0 aliphatic carbocycles. The number of hydrogen-bond donors (Lipinski definition) is 3. The van der Waals surface area contributed by atoms with Gasteiger partial charge >= 0.3 is 0 Å². The number of methoxy groups -OCH3 is 1. The van der Waals surface area contributed by atoms with Crippen molar-refractivity contribution in [3.8, 4) is 0 Å². The lowest BCUT2D eigenvalue weighted by molar-refractivity contribution is 0.184. The van der Waals surface area contributed by atoms with Crippen LogP contribution in [0.1, 0.15) is 24.5 Å². The molecular formula is C13H21N3O2. The van der Waals surface area contributed by atoms with Gasteiger partial charge in [0.25, 0.3) is 0 Å². The Bertz CT molecular complexity index is 376. The second kappa shape index (κ2) is 7.68. The summed E-state index contributed by atoms with van der Waals surface area (Å²) in [5, 5.41) is 14.9. The molecule has 0 saturated heterocycles. The largest absolute Gasteiger partial charge is 0.409 e. The fourth-order valence-electron chi connectivity index (χ4n) is 1.54. The molecule has 0 aromatic heterocycles. The Morgan fingerprint density at radius 3 is 2.67 bits per heavy atom. The number of ether oxygens (including phenoxy) is 1. The van der Waals surface area contributed by atoms with Crippen LogP contribution in [0.4, 0.5) is 0 Å². The van der Waals surface area contributed by atoms with Gasteiger partial charge in [-0.25, -0.2) is 0 Å². The van der Waals surface area contributed by atoms with Gasteiger partial charge in [0.05, 0.1) is 0 Å². The summed E-state index contributed by atoms with van der Waals surface area (Å²) in [5.41, 5.74) is 7.37. The fraction of sp³-hybridized carbons (Fsp3) is 0.462. The third-order valence-electron chi connectivity index (χ3n) is 2.77. The van der Waals surface area contributed by atoms with E-state index in [2.05, 4.69) is 17.4 Å². The van der Waals surface area contributed by atoms with Crippen LogP contribution in [0.2, 0.25) is 0 Å². The third kappa shape index (κ3) is 4.73. The average molecular weight is 251 g/mol. The number of nitrogens with one attached hydrogen (secondary N) is 1. The van der Waals surface area contributed by atoms with Gasteiger partial charge in [0, 0.05) is 31.9 Å². The number of nitrogens with zero attached hydrogens (tertiary/aromatic N) is 1. The predicted molar refractivity (Wildman–Crippen MR) is 71.7 cm³/mol. The lowest BCUT2D eigenvalue weighted by Crippen LogP contribution is -2.26. The number of benzene rings is 1. The summed E-state index contributed by atoms with van der Waals surface area (Å²) in [4.78, 5) is 0. The molecule has 100 valence electrons. The van der Waals surface area contributed by atoms with Crippen LogP contribution >= 0.6 is 0 Å². The predicted octanol–water partition coefficient (Wildman–Crippen LogP) is 1.30. The zero-order chi connectivity index (χ0) is 13.4. The number of rotatable bonds is 7. The van der Waals surface area contributed by atoms with E-state index in [1.807, 2.05) is 24.3 Å². The summed E-state index contributed by atoms with van der Waals surface area (Å²) in [6, 6.07) is 8.01. The summed E-state index contributed by atoms with van der Waals surface area (Å²) >= 11 is 0. The van der Waals surface area contributed by atoms with E-state index < -0.39 is 0 Å². The van der Waals surface area contributed by atoms with Gasteiger partial charge in [-0.2, -0.15) is 0 Å². The molecule has 0 saturated carbocycles. The summed E-state index contributed by atoms with van der Waals surface area (Å²) in [6.07, 6.45) is 0.985. The van der Waals surface area contributed by atoms with Crippen LogP contribution in [0.25, 0.3) is 0 Å². The molecule has 0 amide bonds. The van der Waals surface area contributed by atoms with Gasteiger partial charge in [0.2, 0.25) is 0 Å². The number of nitrogens with two attached hydrogens (primary N) is 1. The minimum atomic E-state index is 0.128. The highest BCUT2D eigenvalue weighted by Crippen LogP contribution is 2.05. The summed E-state index contributed by atoms with van der Waals surface area (Å²) < 4.78 is 5.03. The van der Waals surface area contributed by atoms with E-state index >= 15 is 0 Å². The molecule has 0 fully saturated rings. The molecule has 0 radical (unpaired) electrons. The van der Waals surface area contributed by atoms with Crippen LogP contribution in [0, 0.1) is 0 Å². The molecule has 1 atom stereocenters. The van der Waals surface area contributed by atoms with E-state index in [-0.39, 0.29) is 5.84 Å². The van der Waals surface area contributed by atoms with Gasteiger partial charge in [-0.3, -0.25) is 0 Å². The molecule has 0 heterocycles. The molecule has 0 aliphatic rings. The Morgan fingerprint density at radius 1 is 1.44 bits per heavy atom. The molecule has 5 nitrogen and oxygen atoms in total.